The SMILES string of the molecule is C=CCOc1ccc(-c2nn(-c3ccccc3)cc2/C=C(/C#N)C(=O)NCC)c(C)c1. The number of hydrogen-bond acceptors (Lipinski definition) is 4. The minimum Gasteiger partial charge on any atom is -0.490 e. The van der Waals surface area contributed by atoms with E-state index < -0.39 is 5.91 Å². The zero-order valence-corrected chi connectivity index (χ0v) is 17.6. The van der Waals surface area contributed by atoms with Gasteiger partial charge in [0.25, 0.3) is 5.91 Å². The Morgan fingerprint density at radius 2 is 2.06 bits per heavy atom. The average molecular weight is 412 g/mol. The Kier molecular flexibility index (Phi) is 7.02. The first-order chi connectivity index (χ1) is 15.1. The van der Waals surface area contributed by atoms with Crippen LogP contribution in [0.25, 0.3) is 23.0 Å². The molecular weight excluding hydrogens is 388 g/mol. The summed E-state index contributed by atoms with van der Waals surface area (Å²) >= 11 is 0. The Morgan fingerprint density at radius 3 is 2.71 bits per heavy atom. The molecule has 0 bridgehead atoms. The number of amides is 1. The molecule has 0 spiro atoms. The minimum atomic E-state index is -0.409. The predicted molar refractivity (Wildman–Crippen MR) is 122 cm³/mol. The number of likely N-dealkylation sites (N-methyl/N-ethyl adjacent to an activating group) is 1. The molecular formula is C25H24N4O2. The number of rotatable bonds is 8. The molecule has 1 N–H and O–H groups in total. The van der Waals surface area contributed by atoms with E-state index in [0.29, 0.717) is 24.4 Å². The van der Waals surface area contributed by atoms with Gasteiger partial charge < -0.3 is 10.1 Å². The van der Waals surface area contributed by atoms with Crippen LogP contribution in [0.3, 0.4) is 0 Å². The van der Waals surface area contributed by atoms with Gasteiger partial charge >= 0.3 is 0 Å². The number of nitriles is 1. The van der Waals surface area contributed by atoms with Crippen molar-refractivity contribution in [3.63, 3.8) is 0 Å². The minimum absolute atomic E-state index is 0.0271. The molecule has 3 rings (SSSR count). The standard InChI is InChI=1S/C25H24N4O2/c1-4-13-31-22-11-12-23(18(3)14-22)24-20(15-19(16-26)25(30)27-5-2)17-29(28-24)21-9-7-6-8-10-21/h4,6-12,14-15,17H,1,5,13H2,2-3H3,(H,27,30)/b19-15-. The average Bonchev–Trinajstić information content (AvgIpc) is 3.20. The van der Waals surface area contributed by atoms with Crippen LogP contribution in [0.2, 0.25) is 0 Å². The van der Waals surface area contributed by atoms with E-state index in [-0.39, 0.29) is 5.57 Å². The van der Waals surface area contributed by atoms with E-state index in [1.807, 2.05) is 74.6 Å². The largest absolute Gasteiger partial charge is 0.490 e. The first-order valence-electron chi connectivity index (χ1n) is 9.97. The number of benzene rings is 2. The van der Waals surface area contributed by atoms with Gasteiger partial charge in [-0.05, 0) is 55.8 Å². The van der Waals surface area contributed by atoms with E-state index in [1.165, 1.54) is 0 Å². The van der Waals surface area contributed by atoms with Crippen molar-refractivity contribution >= 4 is 12.0 Å². The number of para-hydroxylation sites is 1. The van der Waals surface area contributed by atoms with E-state index in [9.17, 15) is 10.1 Å². The molecule has 0 radical (unpaired) electrons. The summed E-state index contributed by atoms with van der Waals surface area (Å²) < 4.78 is 7.37. The summed E-state index contributed by atoms with van der Waals surface area (Å²) in [6, 6.07) is 17.4. The van der Waals surface area contributed by atoms with E-state index in [1.54, 1.807) is 16.8 Å². The third kappa shape index (κ3) is 5.09. The van der Waals surface area contributed by atoms with Gasteiger partial charge in [-0.15, -0.1) is 0 Å². The van der Waals surface area contributed by atoms with Gasteiger partial charge in [0.2, 0.25) is 0 Å². The van der Waals surface area contributed by atoms with Crippen LogP contribution in [0, 0.1) is 18.3 Å². The molecule has 2 aromatic carbocycles. The van der Waals surface area contributed by atoms with Gasteiger partial charge in [0.1, 0.15) is 29.7 Å². The van der Waals surface area contributed by atoms with Gasteiger partial charge in [0.05, 0.1) is 5.69 Å². The van der Waals surface area contributed by atoms with Crippen LogP contribution in [0.1, 0.15) is 18.1 Å². The molecule has 0 unspecified atom stereocenters. The van der Waals surface area contributed by atoms with Crippen LogP contribution in [-0.2, 0) is 4.79 Å². The van der Waals surface area contributed by atoms with Crippen LogP contribution in [0.4, 0.5) is 0 Å². The van der Waals surface area contributed by atoms with E-state index in [2.05, 4.69) is 11.9 Å². The number of hydrogen-bond donors (Lipinski definition) is 1. The molecule has 1 heterocycles. The molecule has 1 aromatic heterocycles. The number of aromatic nitrogens is 2. The van der Waals surface area contributed by atoms with Crippen LogP contribution in [0.5, 0.6) is 5.75 Å². The van der Waals surface area contributed by atoms with Gasteiger partial charge in [0.15, 0.2) is 0 Å². The van der Waals surface area contributed by atoms with Crippen molar-refractivity contribution < 1.29 is 9.53 Å². The Morgan fingerprint density at radius 1 is 1.29 bits per heavy atom. The lowest BCUT2D eigenvalue weighted by Gasteiger charge is -2.09. The first kappa shape index (κ1) is 21.6. The molecule has 6 heteroatoms. The van der Waals surface area contributed by atoms with Crippen molar-refractivity contribution in [2.75, 3.05) is 13.2 Å². The third-order valence-corrected chi connectivity index (χ3v) is 4.59. The lowest BCUT2D eigenvalue weighted by atomic mass is 10.0. The summed E-state index contributed by atoms with van der Waals surface area (Å²) in [7, 11) is 0. The molecule has 0 aliphatic carbocycles. The molecule has 31 heavy (non-hydrogen) atoms. The summed E-state index contributed by atoms with van der Waals surface area (Å²) in [4.78, 5) is 12.3. The van der Waals surface area contributed by atoms with Crippen molar-refractivity contribution in [3.8, 4) is 28.8 Å². The molecule has 6 nitrogen and oxygen atoms in total. The lowest BCUT2D eigenvalue weighted by molar-refractivity contribution is -0.116. The van der Waals surface area contributed by atoms with Gasteiger partial charge in [-0.2, -0.15) is 10.4 Å². The fourth-order valence-electron chi connectivity index (χ4n) is 3.12. The quantitative estimate of drug-likeness (QED) is 0.337. The predicted octanol–water partition coefficient (Wildman–Crippen LogP) is 4.46. The summed E-state index contributed by atoms with van der Waals surface area (Å²) in [5, 5.41) is 17.0. The van der Waals surface area contributed by atoms with Gasteiger partial charge in [-0.3, -0.25) is 4.79 Å². The second-order valence-electron chi connectivity index (χ2n) is 6.82. The van der Waals surface area contributed by atoms with Crippen molar-refractivity contribution in [1.29, 1.82) is 5.26 Å². The van der Waals surface area contributed by atoms with Crippen LogP contribution in [0.15, 0.2) is 73.0 Å². The number of nitrogens with zero attached hydrogens (tertiary/aromatic N) is 3. The molecule has 0 atom stereocenters. The number of ether oxygens (including phenoxy) is 1. The Labute approximate surface area is 182 Å². The van der Waals surface area contributed by atoms with Gasteiger partial charge in [-0.1, -0.05) is 30.9 Å². The second-order valence-corrected chi connectivity index (χ2v) is 6.82. The van der Waals surface area contributed by atoms with Crippen molar-refractivity contribution in [2.45, 2.75) is 13.8 Å². The highest BCUT2D eigenvalue weighted by Crippen LogP contribution is 2.30. The second kappa shape index (κ2) is 10.1. The summed E-state index contributed by atoms with van der Waals surface area (Å²) in [5.41, 5.74) is 4.11. The molecule has 0 aliphatic heterocycles. The fourth-order valence-corrected chi connectivity index (χ4v) is 3.12. The lowest BCUT2D eigenvalue weighted by Crippen LogP contribution is -2.23. The van der Waals surface area contributed by atoms with E-state index in [0.717, 1.165) is 22.6 Å². The molecule has 156 valence electrons. The highest BCUT2D eigenvalue weighted by Gasteiger charge is 2.16. The normalized spacial score (nSPS) is 10.9. The maximum Gasteiger partial charge on any atom is 0.261 e. The third-order valence-electron chi connectivity index (χ3n) is 4.59. The van der Waals surface area contributed by atoms with Crippen LogP contribution in [-0.4, -0.2) is 28.8 Å². The topological polar surface area (TPSA) is 79.9 Å². The van der Waals surface area contributed by atoms with Crippen molar-refractivity contribution in [2.24, 2.45) is 0 Å². The van der Waals surface area contributed by atoms with Crippen molar-refractivity contribution in [3.05, 3.63) is 84.1 Å². The number of carbonyl (C=O) groups excluding carboxylic acids is 1. The molecule has 0 aliphatic rings. The molecule has 1 amide bonds. The van der Waals surface area contributed by atoms with Crippen LogP contribution < -0.4 is 10.1 Å². The van der Waals surface area contributed by atoms with E-state index >= 15 is 0 Å². The highest BCUT2D eigenvalue weighted by atomic mass is 16.5. The maximum atomic E-state index is 12.3. The number of aryl methyl sites for hydroxylation is 1. The highest BCUT2D eigenvalue weighted by molar-refractivity contribution is 6.02. The maximum absolute atomic E-state index is 12.3. The Bertz CT molecular complexity index is 1150. The van der Waals surface area contributed by atoms with Crippen molar-refractivity contribution in [1.82, 2.24) is 15.1 Å². The summed E-state index contributed by atoms with van der Waals surface area (Å²) in [5.74, 6) is 0.328. The fraction of sp³-hybridized carbons (Fsp3) is 0.160. The van der Waals surface area contributed by atoms with Crippen LogP contribution >= 0.6 is 0 Å². The Balaban J connectivity index is 2.12. The molecule has 3 aromatic rings. The van der Waals surface area contributed by atoms with E-state index in [4.69, 9.17) is 9.84 Å². The molecule has 0 saturated carbocycles. The summed E-state index contributed by atoms with van der Waals surface area (Å²) in [6.07, 6.45) is 5.09. The smallest absolute Gasteiger partial charge is 0.261 e. The number of carbonyl (C=O) groups is 1. The first-order valence-corrected chi connectivity index (χ1v) is 9.97. The zero-order chi connectivity index (χ0) is 22.2. The summed E-state index contributed by atoms with van der Waals surface area (Å²) in [6.45, 7) is 8.32. The molecule has 0 fully saturated rings. The Hall–Kier alpha value is -4.11. The monoisotopic (exact) mass is 412 g/mol. The van der Waals surface area contributed by atoms with Gasteiger partial charge in [-0.25, -0.2) is 4.68 Å². The molecule has 0 saturated heterocycles. The zero-order valence-electron chi connectivity index (χ0n) is 17.6. The number of nitrogens with one attached hydrogen (secondary N) is 1. The van der Waals surface area contributed by atoms with Gasteiger partial charge in [0, 0.05) is 23.9 Å².